The van der Waals surface area contributed by atoms with Crippen LogP contribution >= 0.6 is 0 Å². The minimum atomic E-state index is 0.0859. The van der Waals surface area contributed by atoms with E-state index in [4.69, 9.17) is 0 Å². The van der Waals surface area contributed by atoms with Crippen LogP contribution in [0.25, 0.3) is 0 Å². The molecule has 0 bridgehead atoms. The lowest BCUT2D eigenvalue weighted by molar-refractivity contribution is 0.139. The molecule has 2 fully saturated rings. The van der Waals surface area contributed by atoms with Crippen LogP contribution < -0.4 is 31.9 Å². The highest BCUT2D eigenvalue weighted by Gasteiger charge is 2.36. The third-order valence-electron chi connectivity index (χ3n) is 11.1. The van der Waals surface area contributed by atoms with Crippen molar-refractivity contribution in [1.82, 2.24) is 31.9 Å². The van der Waals surface area contributed by atoms with E-state index in [1.165, 1.54) is 52.7 Å². The van der Waals surface area contributed by atoms with Crippen molar-refractivity contribution in [3.63, 3.8) is 0 Å². The Balaban J connectivity index is 1.03. The summed E-state index contributed by atoms with van der Waals surface area (Å²) in [6.45, 7) is 0. The van der Waals surface area contributed by atoms with Gasteiger partial charge in [-0.2, -0.15) is 0 Å². The molecular formula is C42H52N6. The fraction of sp³-hybridized carbons (Fsp3) is 0.429. The van der Waals surface area contributed by atoms with Crippen molar-refractivity contribution in [2.75, 3.05) is 0 Å². The normalized spacial score (nSPS) is 35.3. The largest absolute Gasteiger partial charge is 0.285 e. The Kier molecular flexibility index (Phi) is 9.99. The lowest BCUT2D eigenvalue weighted by Crippen LogP contribution is -2.68. The monoisotopic (exact) mass is 640 g/mol. The molecule has 0 spiro atoms. The molecule has 5 aliphatic carbocycles. The summed E-state index contributed by atoms with van der Waals surface area (Å²) < 4.78 is 0. The Hall–Kier alpha value is -3.36. The number of nitrogens with one attached hydrogen (secondary N) is 6. The maximum Gasteiger partial charge on any atom is 0.0861 e. The summed E-state index contributed by atoms with van der Waals surface area (Å²) in [7, 11) is 0. The fourth-order valence-corrected chi connectivity index (χ4v) is 8.44. The molecule has 6 heteroatoms. The molecule has 48 heavy (non-hydrogen) atoms. The summed E-state index contributed by atoms with van der Waals surface area (Å²) in [5, 5.41) is 23.7. The number of benzene rings is 1. The molecule has 8 rings (SSSR count). The van der Waals surface area contributed by atoms with E-state index in [0.29, 0.717) is 11.8 Å². The van der Waals surface area contributed by atoms with Gasteiger partial charge >= 0.3 is 0 Å². The van der Waals surface area contributed by atoms with Gasteiger partial charge in [-0.1, -0.05) is 109 Å². The first-order chi connectivity index (χ1) is 23.8. The van der Waals surface area contributed by atoms with Crippen LogP contribution in [-0.4, -0.2) is 30.8 Å². The van der Waals surface area contributed by atoms with E-state index in [9.17, 15) is 0 Å². The fourth-order valence-electron chi connectivity index (χ4n) is 8.44. The smallest absolute Gasteiger partial charge is 0.0861 e. The highest BCUT2D eigenvalue weighted by Crippen LogP contribution is 2.33. The highest BCUT2D eigenvalue weighted by molar-refractivity contribution is 5.49. The van der Waals surface area contributed by atoms with Crippen molar-refractivity contribution in [2.24, 2.45) is 11.8 Å². The Morgan fingerprint density at radius 1 is 0.604 bits per heavy atom. The zero-order valence-electron chi connectivity index (χ0n) is 28.1. The van der Waals surface area contributed by atoms with Gasteiger partial charge in [0.2, 0.25) is 0 Å². The second-order valence-corrected chi connectivity index (χ2v) is 14.4. The van der Waals surface area contributed by atoms with Gasteiger partial charge in [-0.05, 0) is 97.6 Å². The number of allylic oxidation sites excluding steroid dienone is 12. The van der Waals surface area contributed by atoms with Gasteiger partial charge in [-0.25, -0.2) is 0 Å². The third kappa shape index (κ3) is 7.30. The number of hydrogen-bond donors (Lipinski definition) is 6. The number of hydrogen-bond acceptors (Lipinski definition) is 6. The molecule has 250 valence electrons. The first-order valence-corrected chi connectivity index (χ1v) is 18.6. The molecular weight excluding hydrogens is 589 g/mol. The third-order valence-corrected chi connectivity index (χ3v) is 11.1. The Labute approximate surface area is 287 Å². The Morgan fingerprint density at radius 3 is 2.02 bits per heavy atom. The molecule has 6 nitrogen and oxygen atoms in total. The first-order valence-electron chi connectivity index (χ1n) is 18.6. The lowest BCUT2D eigenvalue weighted by atomic mass is 9.84. The summed E-state index contributed by atoms with van der Waals surface area (Å²) in [5.41, 5.74) is 8.37. The molecule has 7 aliphatic rings. The second-order valence-electron chi connectivity index (χ2n) is 14.4. The van der Waals surface area contributed by atoms with Gasteiger partial charge in [0.1, 0.15) is 0 Å². The molecule has 7 atom stereocenters. The van der Waals surface area contributed by atoms with Crippen LogP contribution in [0.1, 0.15) is 75.9 Å². The summed E-state index contributed by atoms with van der Waals surface area (Å²) in [6.07, 6.45) is 42.8. The van der Waals surface area contributed by atoms with Crippen molar-refractivity contribution in [3.05, 3.63) is 143 Å². The topological polar surface area (TPSA) is 72.2 Å². The van der Waals surface area contributed by atoms with Crippen molar-refractivity contribution >= 4 is 0 Å². The van der Waals surface area contributed by atoms with Crippen LogP contribution in [0, 0.1) is 11.8 Å². The number of rotatable bonds is 7. The van der Waals surface area contributed by atoms with Crippen LogP contribution in [0.5, 0.6) is 0 Å². The van der Waals surface area contributed by atoms with E-state index in [0.717, 1.165) is 44.9 Å². The maximum absolute atomic E-state index is 4.02. The molecule has 2 heterocycles. The van der Waals surface area contributed by atoms with E-state index in [2.05, 4.69) is 141 Å². The molecule has 0 radical (unpaired) electrons. The van der Waals surface area contributed by atoms with Gasteiger partial charge in [0.05, 0.1) is 37.0 Å². The standard InChI is InChI=1S/C42H52N6/c1-5-15-29(16-6-1)37-43-38(30-17-7-2-8-18-30)46-41(45-37)35-25-13-23-33(27-35)34-24-14-26-36(28-34)42-47-39(31-19-9-3-10-20-31)44-40(48-42)32-21-11-4-12-22-32/h1-3,5,7,9-11,14-15,17,19-21,24-25,27-28,32,36-48H,4,6,8,12-13,16,18,22-23,26H2. The lowest BCUT2D eigenvalue weighted by Gasteiger charge is -2.45. The Bertz CT molecular complexity index is 1550. The van der Waals surface area contributed by atoms with Gasteiger partial charge < -0.3 is 0 Å². The van der Waals surface area contributed by atoms with E-state index in [1.807, 2.05) is 0 Å². The van der Waals surface area contributed by atoms with Crippen molar-refractivity contribution in [2.45, 2.75) is 101 Å². The maximum atomic E-state index is 4.02. The molecule has 6 N–H and O–H groups in total. The summed E-state index contributed by atoms with van der Waals surface area (Å²) in [6, 6.07) is 10.9. The minimum absolute atomic E-state index is 0.0859. The zero-order valence-corrected chi connectivity index (χ0v) is 28.1. The second kappa shape index (κ2) is 15.0. The molecule has 0 aromatic heterocycles. The van der Waals surface area contributed by atoms with Crippen LogP contribution in [0.4, 0.5) is 0 Å². The van der Waals surface area contributed by atoms with E-state index in [-0.39, 0.29) is 37.0 Å². The minimum Gasteiger partial charge on any atom is -0.285 e. The van der Waals surface area contributed by atoms with Gasteiger partial charge in [0.15, 0.2) is 0 Å². The van der Waals surface area contributed by atoms with Crippen molar-refractivity contribution < 1.29 is 0 Å². The van der Waals surface area contributed by atoms with Crippen LogP contribution in [0.3, 0.4) is 0 Å². The summed E-state index contributed by atoms with van der Waals surface area (Å²) >= 11 is 0. The molecule has 1 aromatic rings. The van der Waals surface area contributed by atoms with Gasteiger partial charge in [0.25, 0.3) is 0 Å². The highest BCUT2D eigenvalue weighted by atomic mass is 15.4. The quantitative estimate of drug-likeness (QED) is 0.182. The van der Waals surface area contributed by atoms with Gasteiger partial charge in [-0.3, -0.25) is 31.9 Å². The van der Waals surface area contributed by atoms with E-state index < -0.39 is 0 Å². The van der Waals surface area contributed by atoms with Crippen molar-refractivity contribution in [1.29, 1.82) is 0 Å². The average Bonchev–Trinajstić information content (AvgIpc) is 3.19. The predicted molar refractivity (Wildman–Crippen MR) is 197 cm³/mol. The predicted octanol–water partition coefficient (Wildman–Crippen LogP) is 6.94. The first kappa shape index (κ1) is 31.9. The van der Waals surface area contributed by atoms with Crippen LogP contribution in [-0.2, 0) is 0 Å². The summed E-state index contributed by atoms with van der Waals surface area (Å²) in [5.74, 6) is 0.870. The molecule has 1 aromatic carbocycles. The average molecular weight is 641 g/mol. The molecule has 0 amide bonds. The Morgan fingerprint density at radius 2 is 1.33 bits per heavy atom. The molecule has 2 aliphatic heterocycles. The summed E-state index contributed by atoms with van der Waals surface area (Å²) in [4.78, 5) is 0. The van der Waals surface area contributed by atoms with Gasteiger partial charge in [0, 0.05) is 11.8 Å². The van der Waals surface area contributed by atoms with E-state index in [1.54, 1.807) is 0 Å². The molecule has 7 unspecified atom stereocenters. The van der Waals surface area contributed by atoms with Crippen LogP contribution in [0.15, 0.2) is 137 Å². The SMILES string of the molecule is C1=CCCC(C2NC(C3=CCCC(C4=CC(C5NC(c6ccccc6)NC(C6C=CCCC6)N5)CC=C4)=C3)NC(C3=CC=CCC3)N2)=C1. The zero-order chi connectivity index (χ0) is 32.1. The molecule has 0 saturated carbocycles. The van der Waals surface area contributed by atoms with Gasteiger partial charge in [-0.15, -0.1) is 0 Å². The van der Waals surface area contributed by atoms with E-state index >= 15 is 0 Å². The van der Waals surface area contributed by atoms with Crippen molar-refractivity contribution in [3.8, 4) is 0 Å². The van der Waals surface area contributed by atoms with Crippen LogP contribution in [0.2, 0.25) is 0 Å². The molecule has 2 saturated heterocycles.